The first-order valence-electron chi connectivity index (χ1n) is 13.1. The molecule has 35 heavy (non-hydrogen) atoms. The number of nitrogens with zero attached hydrogens (tertiary/aromatic N) is 2. The van der Waals surface area contributed by atoms with Gasteiger partial charge in [0.25, 0.3) is 5.91 Å². The zero-order chi connectivity index (χ0) is 24.5. The number of carbonyl (C=O) groups excluding carboxylic acids is 2. The van der Waals surface area contributed by atoms with Gasteiger partial charge < -0.3 is 14.8 Å². The zero-order valence-electron chi connectivity index (χ0n) is 20.9. The standard InChI is InChI=1S/C13H19N3O2.C13H18N2O2/c1-2-9-11-10(16-15-9)7-13(8-14-12(11)17)3-5-18-6-4-13;1-2-9-12-10(15-14-9)7-13(8-11(12)16)3-5-17-6-4-13/h2-8H2,1H3,(H,14,17)(H,15,16);2-8H2,1H3,(H,14,15). The van der Waals surface area contributed by atoms with Crippen LogP contribution in [0.3, 0.4) is 0 Å². The summed E-state index contributed by atoms with van der Waals surface area (Å²) in [5.74, 6) is 0.303. The van der Waals surface area contributed by atoms with Crippen molar-refractivity contribution in [1.82, 2.24) is 25.7 Å². The number of aryl methyl sites for hydroxylation is 2. The summed E-state index contributed by atoms with van der Waals surface area (Å²) in [4.78, 5) is 24.5. The molecule has 0 bridgehead atoms. The Labute approximate surface area is 206 Å². The molecule has 0 aromatic carbocycles. The third-order valence-corrected chi connectivity index (χ3v) is 8.38. The lowest BCUT2D eigenvalue weighted by atomic mass is 9.68. The van der Waals surface area contributed by atoms with Gasteiger partial charge in [0, 0.05) is 50.8 Å². The molecule has 0 radical (unpaired) electrons. The fourth-order valence-electron chi connectivity index (χ4n) is 6.18. The van der Waals surface area contributed by atoms with E-state index in [1.807, 2.05) is 13.8 Å². The lowest BCUT2D eigenvalue weighted by Crippen LogP contribution is -2.40. The van der Waals surface area contributed by atoms with Crippen LogP contribution in [0.1, 0.15) is 89.4 Å². The number of Topliss-reactive ketones (excluding diaryl/α,β-unsaturated/α-hetero) is 1. The van der Waals surface area contributed by atoms with Crippen LogP contribution >= 0.6 is 0 Å². The maximum Gasteiger partial charge on any atom is 0.255 e. The van der Waals surface area contributed by atoms with Gasteiger partial charge in [-0.3, -0.25) is 19.8 Å². The number of hydrogen-bond acceptors (Lipinski definition) is 6. The van der Waals surface area contributed by atoms with Crippen molar-refractivity contribution in [1.29, 1.82) is 0 Å². The number of aromatic amines is 2. The Kier molecular flexibility index (Phi) is 6.81. The van der Waals surface area contributed by atoms with E-state index in [1.54, 1.807) is 0 Å². The lowest BCUT2D eigenvalue weighted by molar-refractivity contribution is 0.00885. The van der Waals surface area contributed by atoms with Crippen LogP contribution < -0.4 is 5.32 Å². The smallest absolute Gasteiger partial charge is 0.255 e. The highest BCUT2D eigenvalue weighted by molar-refractivity contribution is 5.99. The SMILES string of the molecule is CCc1n[nH]c2c1C(=O)CC1(CCOCC1)C2.CCc1n[nH]c2c1C(=O)NCC1(CCOCC1)C2. The highest BCUT2D eigenvalue weighted by Gasteiger charge is 2.42. The third-order valence-electron chi connectivity index (χ3n) is 8.38. The minimum Gasteiger partial charge on any atom is -0.381 e. The van der Waals surface area contributed by atoms with Crippen molar-refractivity contribution >= 4 is 11.7 Å². The average molecular weight is 484 g/mol. The van der Waals surface area contributed by atoms with Crippen LogP contribution in [0.4, 0.5) is 0 Å². The van der Waals surface area contributed by atoms with E-state index in [9.17, 15) is 9.59 Å². The molecule has 2 saturated heterocycles. The molecule has 3 aliphatic heterocycles. The quantitative estimate of drug-likeness (QED) is 0.604. The summed E-state index contributed by atoms with van der Waals surface area (Å²) in [6.07, 6.45) is 8.17. The molecule has 2 spiro atoms. The van der Waals surface area contributed by atoms with E-state index in [0.29, 0.717) is 6.42 Å². The number of amides is 1. The number of ketones is 1. The van der Waals surface area contributed by atoms with E-state index in [4.69, 9.17) is 9.47 Å². The number of H-pyrrole nitrogens is 2. The van der Waals surface area contributed by atoms with Crippen molar-refractivity contribution < 1.29 is 19.1 Å². The number of aromatic nitrogens is 4. The Hall–Kier alpha value is -2.52. The first-order valence-corrected chi connectivity index (χ1v) is 13.1. The average Bonchev–Trinajstić information content (AvgIpc) is 3.44. The molecule has 0 atom stereocenters. The highest BCUT2D eigenvalue weighted by atomic mass is 16.5. The van der Waals surface area contributed by atoms with E-state index in [2.05, 4.69) is 25.7 Å². The summed E-state index contributed by atoms with van der Waals surface area (Å²) in [6.45, 7) is 7.98. The van der Waals surface area contributed by atoms with Gasteiger partial charge in [-0.05, 0) is 62.2 Å². The van der Waals surface area contributed by atoms with E-state index in [-0.39, 0.29) is 22.5 Å². The van der Waals surface area contributed by atoms with Crippen molar-refractivity contribution in [2.24, 2.45) is 10.8 Å². The predicted molar refractivity (Wildman–Crippen MR) is 130 cm³/mol. The van der Waals surface area contributed by atoms with Crippen LogP contribution in [0.5, 0.6) is 0 Å². The van der Waals surface area contributed by atoms with E-state index >= 15 is 0 Å². The van der Waals surface area contributed by atoms with Crippen LogP contribution in [0, 0.1) is 10.8 Å². The summed E-state index contributed by atoms with van der Waals surface area (Å²) >= 11 is 0. The first kappa shape index (κ1) is 24.2. The number of hydrogen-bond donors (Lipinski definition) is 3. The first-order chi connectivity index (χ1) is 17.0. The molecule has 9 nitrogen and oxygen atoms in total. The molecule has 4 aliphatic rings. The minimum atomic E-state index is 0.0268. The van der Waals surface area contributed by atoms with Crippen molar-refractivity contribution in [2.75, 3.05) is 33.0 Å². The van der Waals surface area contributed by atoms with Gasteiger partial charge in [0.15, 0.2) is 5.78 Å². The number of fused-ring (bicyclic) bond motifs is 2. The molecular weight excluding hydrogens is 446 g/mol. The van der Waals surface area contributed by atoms with Gasteiger partial charge in [0.2, 0.25) is 0 Å². The fraction of sp³-hybridized carbons (Fsp3) is 0.692. The van der Waals surface area contributed by atoms with Crippen LogP contribution in [0.15, 0.2) is 0 Å². The second-order valence-electron chi connectivity index (χ2n) is 10.6. The van der Waals surface area contributed by atoms with Crippen molar-refractivity contribution in [3.63, 3.8) is 0 Å². The summed E-state index contributed by atoms with van der Waals surface area (Å²) in [7, 11) is 0. The van der Waals surface area contributed by atoms with Crippen LogP contribution in [0.2, 0.25) is 0 Å². The lowest BCUT2D eigenvalue weighted by Gasteiger charge is -2.39. The molecular formula is C26H37N5O4. The molecule has 1 aliphatic carbocycles. The third kappa shape index (κ3) is 4.68. The Bertz CT molecular complexity index is 1080. The maximum atomic E-state index is 12.3. The Balaban J connectivity index is 0.000000145. The molecule has 3 N–H and O–H groups in total. The highest BCUT2D eigenvalue weighted by Crippen LogP contribution is 2.43. The largest absolute Gasteiger partial charge is 0.381 e. The van der Waals surface area contributed by atoms with Crippen molar-refractivity contribution in [3.8, 4) is 0 Å². The zero-order valence-corrected chi connectivity index (χ0v) is 20.9. The van der Waals surface area contributed by atoms with Crippen LogP contribution in [-0.2, 0) is 35.2 Å². The Morgan fingerprint density at radius 2 is 1.26 bits per heavy atom. The number of nitrogens with one attached hydrogen (secondary N) is 3. The minimum absolute atomic E-state index is 0.0268. The maximum absolute atomic E-state index is 12.3. The van der Waals surface area contributed by atoms with Gasteiger partial charge in [-0.2, -0.15) is 10.2 Å². The Morgan fingerprint density at radius 1 is 0.743 bits per heavy atom. The van der Waals surface area contributed by atoms with E-state index in [0.717, 1.165) is 118 Å². The van der Waals surface area contributed by atoms with Crippen LogP contribution in [0.25, 0.3) is 0 Å². The van der Waals surface area contributed by atoms with E-state index < -0.39 is 0 Å². The van der Waals surface area contributed by atoms with Gasteiger partial charge in [-0.1, -0.05) is 13.8 Å². The van der Waals surface area contributed by atoms with Gasteiger partial charge in [-0.25, -0.2) is 0 Å². The molecule has 0 unspecified atom stereocenters. The van der Waals surface area contributed by atoms with Crippen molar-refractivity contribution in [2.45, 2.75) is 71.6 Å². The van der Waals surface area contributed by atoms with Crippen molar-refractivity contribution in [3.05, 3.63) is 33.9 Å². The fourth-order valence-corrected chi connectivity index (χ4v) is 6.18. The summed E-state index contributed by atoms with van der Waals surface area (Å²) in [5, 5.41) is 17.7. The Morgan fingerprint density at radius 3 is 1.86 bits per heavy atom. The monoisotopic (exact) mass is 483 g/mol. The molecule has 2 aromatic heterocycles. The van der Waals surface area contributed by atoms with Gasteiger partial charge >= 0.3 is 0 Å². The summed E-state index contributed by atoms with van der Waals surface area (Å²) in [5.41, 5.74) is 5.82. The second kappa shape index (κ2) is 9.85. The number of carbonyl (C=O) groups is 2. The number of rotatable bonds is 2. The molecule has 5 heterocycles. The molecule has 190 valence electrons. The molecule has 9 heteroatoms. The van der Waals surface area contributed by atoms with Gasteiger partial charge in [0.1, 0.15) is 0 Å². The number of ether oxygens (including phenoxy) is 2. The molecule has 1 amide bonds. The molecule has 6 rings (SSSR count). The van der Waals surface area contributed by atoms with Gasteiger partial charge in [0.05, 0.1) is 22.5 Å². The van der Waals surface area contributed by atoms with Gasteiger partial charge in [-0.15, -0.1) is 0 Å². The predicted octanol–water partition coefficient (Wildman–Crippen LogP) is 2.95. The summed E-state index contributed by atoms with van der Waals surface area (Å²) < 4.78 is 10.8. The molecule has 2 aromatic rings. The summed E-state index contributed by atoms with van der Waals surface area (Å²) in [6, 6.07) is 0. The second-order valence-corrected chi connectivity index (χ2v) is 10.6. The van der Waals surface area contributed by atoms with Crippen LogP contribution in [-0.4, -0.2) is 65.1 Å². The topological polar surface area (TPSA) is 122 Å². The molecule has 0 saturated carbocycles. The van der Waals surface area contributed by atoms with E-state index in [1.165, 1.54) is 0 Å². The molecule has 2 fully saturated rings. The normalized spacial score (nSPS) is 22.6.